The van der Waals surface area contributed by atoms with Gasteiger partial charge >= 0.3 is 39.5 Å². The summed E-state index contributed by atoms with van der Waals surface area (Å²) in [6.07, 6.45) is 68.1. The zero-order chi connectivity index (χ0) is 76.4. The van der Waals surface area contributed by atoms with Crippen LogP contribution in [0.5, 0.6) is 0 Å². The second kappa shape index (κ2) is 76.4. The first-order chi connectivity index (χ1) is 50.4. The van der Waals surface area contributed by atoms with Gasteiger partial charge in [-0.3, -0.25) is 37.3 Å². The van der Waals surface area contributed by atoms with E-state index in [0.717, 1.165) is 108 Å². The van der Waals surface area contributed by atoms with Gasteiger partial charge in [-0.05, 0) is 37.5 Å². The summed E-state index contributed by atoms with van der Waals surface area (Å²) in [4.78, 5) is 73.2. The summed E-state index contributed by atoms with van der Waals surface area (Å²) in [6, 6.07) is 0. The lowest BCUT2D eigenvalue weighted by Gasteiger charge is -2.21. The number of rotatable bonds is 84. The van der Waals surface area contributed by atoms with E-state index in [-0.39, 0.29) is 25.7 Å². The Balaban J connectivity index is 5.22. The van der Waals surface area contributed by atoms with E-state index >= 15 is 0 Å². The molecule has 0 aromatic heterocycles. The second-order valence-electron chi connectivity index (χ2n) is 31.3. The molecule has 3 N–H and O–H groups in total. The first-order valence-corrected chi connectivity index (χ1v) is 47.0. The number of carbonyl (C=O) groups is 4. The predicted molar refractivity (Wildman–Crippen MR) is 428 cm³/mol. The fourth-order valence-electron chi connectivity index (χ4n) is 13.2. The number of esters is 4. The lowest BCUT2D eigenvalue weighted by atomic mass is 10.00. The Hall–Kier alpha value is -1.94. The molecule has 618 valence electrons. The van der Waals surface area contributed by atoms with E-state index in [4.69, 9.17) is 37.0 Å². The van der Waals surface area contributed by atoms with Crippen molar-refractivity contribution in [1.29, 1.82) is 0 Å². The smallest absolute Gasteiger partial charge is 0.462 e. The minimum Gasteiger partial charge on any atom is -0.462 e. The molecule has 0 spiro atoms. The van der Waals surface area contributed by atoms with E-state index in [2.05, 4.69) is 41.5 Å². The van der Waals surface area contributed by atoms with Crippen LogP contribution in [-0.2, 0) is 65.4 Å². The van der Waals surface area contributed by atoms with Gasteiger partial charge in [-0.25, -0.2) is 9.13 Å². The highest BCUT2D eigenvalue weighted by Gasteiger charge is 2.30. The van der Waals surface area contributed by atoms with Crippen LogP contribution in [0.3, 0.4) is 0 Å². The average molecular weight is 1520 g/mol. The Morgan fingerprint density at radius 2 is 0.490 bits per heavy atom. The van der Waals surface area contributed by atoms with E-state index in [9.17, 15) is 43.2 Å². The van der Waals surface area contributed by atoms with Gasteiger partial charge in [-0.2, -0.15) is 0 Å². The minimum atomic E-state index is -4.96. The molecule has 0 radical (unpaired) electrons. The van der Waals surface area contributed by atoms with Gasteiger partial charge in [0.25, 0.3) is 0 Å². The van der Waals surface area contributed by atoms with Gasteiger partial charge in [0, 0.05) is 25.7 Å². The van der Waals surface area contributed by atoms with Crippen LogP contribution in [0.2, 0.25) is 0 Å². The fourth-order valence-corrected chi connectivity index (χ4v) is 14.8. The van der Waals surface area contributed by atoms with E-state index < -0.39 is 97.5 Å². The molecular weight excluding hydrogens is 1350 g/mol. The first kappa shape index (κ1) is 102. The van der Waals surface area contributed by atoms with E-state index in [1.165, 1.54) is 263 Å². The van der Waals surface area contributed by atoms with Crippen LogP contribution >= 0.6 is 15.6 Å². The van der Waals surface area contributed by atoms with Crippen molar-refractivity contribution in [3.63, 3.8) is 0 Å². The zero-order valence-corrected chi connectivity index (χ0v) is 70.1. The van der Waals surface area contributed by atoms with Crippen molar-refractivity contribution >= 4 is 39.5 Å². The highest BCUT2D eigenvalue weighted by Crippen LogP contribution is 2.45. The Bertz CT molecular complexity index is 2000. The van der Waals surface area contributed by atoms with Gasteiger partial charge in [0.1, 0.15) is 19.3 Å². The van der Waals surface area contributed by atoms with Crippen LogP contribution in [0, 0.1) is 11.8 Å². The molecule has 0 fully saturated rings. The number of phosphoric ester groups is 2. The van der Waals surface area contributed by atoms with Gasteiger partial charge in [0.05, 0.1) is 26.4 Å². The molecule has 0 aliphatic heterocycles. The van der Waals surface area contributed by atoms with Crippen LogP contribution in [0.1, 0.15) is 452 Å². The van der Waals surface area contributed by atoms with Gasteiger partial charge < -0.3 is 33.8 Å². The molecule has 104 heavy (non-hydrogen) atoms. The third kappa shape index (κ3) is 76.8. The Morgan fingerprint density at radius 1 is 0.279 bits per heavy atom. The average Bonchev–Trinajstić information content (AvgIpc) is 0.933. The third-order valence-electron chi connectivity index (χ3n) is 20.3. The molecule has 0 amide bonds. The van der Waals surface area contributed by atoms with Crippen LogP contribution in [0.4, 0.5) is 0 Å². The molecule has 0 bridgehead atoms. The van der Waals surface area contributed by atoms with Gasteiger partial charge in [0.2, 0.25) is 0 Å². The molecule has 0 aliphatic carbocycles. The van der Waals surface area contributed by atoms with Crippen molar-refractivity contribution in [3.8, 4) is 0 Å². The second-order valence-corrected chi connectivity index (χ2v) is 34.2. The number of aliphatic hydroxyl groups is 1. The molecule has 6 atom stereocenters. The van der Waals surface area contributed by atoms with Crippen molar-refractivity contribution in [2.24, 2.45) is 11.8 Å². The topological polar surface area (TPSA) is 237 Å². The standard InChI is InChI=1S/C85H166O17P2/c1-7-10-12-14-16-18-20-22-24-26-27-28-29-30-31-33-37-42-46-50-58-64-69-84(89)101-80(73-95-82(87)67-61-55-48-44-40-38-34-35-39-43-47-53-59-65-77(4)5)75-99-103(91,92)97-71-79(86)72-98-104(93,94)100-76-81(74-96-83(88)68-62-56-52-51-54-60-66-78(6)9-3)102-85(90)70-63-57-49-45-41-36-32-25-23-21-19-17-15-13-11-8-2/h77-81,86H,7-76H2,1-6H3,(H,91,92)(H,93,94)/t78?,79-,80-,81-/m1/s1. The van der Waals surface area contributed by atoms with Crippen molar-refractivity contribution < 1.29 is 80.2 Å². The van der Waals surface area contributed by atoms with Crippen LogP contribution in [-0.4, -0.2) is 96.7 Å². The molecule has 17 nitrogen and oxygen atoms in total. The fraction of sp³-hybridized carbons (Fsp3) is 0.953. The summed E-state index contributed by atoms with van der Waals surface area (Å²) in [7, 11) is -9.93. The molecule has 0 aromatic rings. The Kier molecular flexibility index (Phi) is 75.0. The maximum Gasteiger partial charge on any atom is 0.472 e. The molecule has 19 heteroatoms. The zero-order valence-electron chi connectivity index (χ0n) is 68.3. The number of hydrogen-bond acceptors (Lipinski definition) is 15. The number of aliphatic hydroxyl groups excluding tert-OH is 1. The summed E-state index contributed by atoms with van der Waals surface area (Å²) in [5.41, 5.74) is 0. The van der Waals surface area contributed by atoms with Crippen molar-refractivity contribution in [2.45, 2.75) is 471 Å². The summed E-state index contributed by atoms with van der Waals surface area (Å²) in [6.45, 7) is 9.64. The predicted octanol–water partition coefficient (Wildman–Crippen LogP) is 25.8. The van der Waals surface area contributed by atoms with Crippen LogP contribution in [0.25, 0.3) is 0 Å². The lowest BCUT2D eigenvalue weighted by Crippen LogP contribution is -2.30. The number of ether oxygens (including phenoxy) is 4. The Morgan fingerprint density at radius 3 is 0.731 bits per heavy atom. The minimum absolute atomic E-state index is 0.108. The maximum atomic E-state index is 13.1. The Labute approximate surface area is 638 Å². The highest BCUT2D eigenvalue weighted by molar-refractivity contribution is 7.47. The first-order valence-electron chi connectivity index (χ1n) is 44.0. The van der Waals surface area contributed by atoms with Gasteiger partial charge in [-0.1, -0.05) is 401 Å². The molecule has 0 rings (SSSR count). The summed E-state index contributed by atoms with van der Waals surface area (Å²) >= 11 is 0. The van der Waals surface area contributed by atoms with Crippen molar-refractivity contribution in [1.82, 2.24) is 0 Å². The largest absolute Gasteiger partial charge is 0.472 e. The monoisotopic (exact) mass is 1520 g/mol. The van der Waals surface area contributed by atoms with Crippen molar-refractivity contribution in [3.05, 3.63) is 0 Å². The van der Waals surface area contributed by atoms with E-state index in [1.54, 1.807) is 0 Å². The van der Waals surface area contributed by atoms with Crippen LogP contribution in [0.15, 0.2) is 0 Å². The molecule has 0 heterocycles. The summed E-state index contributed by atoms with van der Waals surface area (Å²) < 4.78 is 68.8. The van der Waals surface area contributed by atoms with Crippen LogP contribution < -0.4 is 0 Å². The molecule has 0 saturated carbocycles. The molecule has 0 aromatic carbocycles. The lowest BCUT2D eigenvalue weighted by molar-refractivity contribution is -0.161. The molecule has 0 saturated heterocycles. The number of carbonyl (C=O) groups excluding carboxylic acids is 4. The van der Waals surface area contributed by atoms with Gasteiger partial charge in [0.15, 0.2) is 12.2 Å². The summed E-state index contributed by atoms with van der Waals surface area (Å²) in [5.74, 6) is -0.583. The number of hydrogen-bond donors (Lipinski definition) is 3. The highest BCUT2D eigenvalue weighted by atomic mass is 31.2. The number of unbranched alkanes of at least 4 members (excludes halogenated alkanes) is 53. The normalized spacial score (nSPS) is 14.1. The SMILES string of the molecule is CCCCCCCCCCCCCCCCCCCCCCCCC(=O)O[C@H](COC(=O)CCCCCCCCCCCCCCCC(C)C)COP(=O)(O)OC[C@@H](O)COP(=O)(O)OC[C@@H](COC(=O)CCCCCCCCC(C)CC)OC(=O)CCCCCCCCCCCCCCCCCC. The van der Waals surface area contributed by atoms with E-state index in [1.807, 2.05) is 0 Å². The molecule has 3 unspecified atom stereocenters. The van der Waals surface area contributed by atoms with Gasteiger partial charge in [-0.15, -0.1) is 0 Å². The third-order valence-corrected chi connectivity index (χ3v) is 22.2. The number of phosphoric acid groups is 2. The molecular formula is C85H166O17P2. The molecule has 0 aliphatic rings. The van der Waals surface area contributed by atoms with Crippen molar-refractivity contribution in [2.75, 3.05) is 39.6 Å². The maximum absolute atomic E-state index is 13.1. The summed E-state index contributed by atoms with van der Waals surface area (Å²) in [5, 5.41) is 10.7. The quantitative estimate of drug-likeness (QED) is 0.0222. The van der Waals surface area contributed by atoms with E-state index in [0.29, 0.717) is 25.7 Å².